The van der Waals surface area contributed by atoms with E-state index in [2.05, 4.69) is 5.10 Å². The molecule has 0 bridgehead atoms. The van der Waals surface area contributed by atoms with Crippen molar-refractivity contribution >= 4 is 11.7 Å². The maximum atomic E-state index is 12.8. The predicted molar refractivity (Wildman–Crippen MR) is 108 cm³/mol. The number of hydrogen-bond acceptors (Lipinski definition) is 5. The van der Waals surface area contributed by atoms with Gasteiger partial charge in [-0.25, -0.2) is 10.2 Å². The van der Waals surface area contributed by atoms with Crippen molar-refractivity contribution < 1.29 is 19.5 Å². The summed E-state index contributed by atoms with van der Waals surface area (Å²) in [4.78, 5) is 24.2. The number of nitrogens with zero attached hydrogens (tertiary/aromatic N) is 2. The van der Waals surface area contributed by atoms with Crippen LogP contribution in [0.3, 0.4) is 0 Å². The second kappa shape index (κ2) is 8.70. The molecule has 1 unspecified atom stereocenters. The second-order valence-corrected chi connectivity index (χ2v) is 6.90. The molecule has 7 heteroatoms. The summed E-state index contributed by atoms with van der Waals surface area (Å²) in [6.45, 7) is 3.64. The number of carbonyl (C=O) groups excluding carboxylic acids is 2. The SMILES string of the molecule is COc1ccc(-n2nc(C(=O)C(C)CC(=O)NO)cc2-c2ccc(C)cc2)cc1. The maximum absolute atomic E-state index is 12.8. The third kappa shape index (κ3) is 4.52. The lowest BCUT2D eigenvalue weighted by Crippen LogP contribution is -2.24. The third-order valence-electron chi connectivity index (χ3n) is 4.69. The van der Waals surface area contributed by atoms with E-state index in [0.717, 1.165) is 28.3 Å². The molecule has 3 aromatic rings. The highest BCUT2D eigenvalue weighted by Crippen LogP contribution is 2.27. The van der Waals surface area contributed by atoms with Gasteiger partial charge in [0.05, 0.1) is 18.5 Å². The number of Topliss-reactive ketones (excluding diaryl/α,β-unsaturated/α-hetero) is 1. The second-order valence-electron chi connectivity index (χ2n) is 6.90. The Morgan fingerprint density at radius 3 is 2.38 bits per heavy atom. The minimum atomic E-state index is -0.618. The molecular formula is C22H23N3O4. The van der Waals surface area contributed by atoms with Crippen molar-refractivity contribution in [3.63, 3.8) is 0 Å². The molecule has 3 rings (SSSR count). The molecule has 0 fully saturated rings. The van der Waals surface area contributed by atoms with Crippen LogP contribution in [0.1, 0.15) is 29.4 Å². The van der Waals surface area contributed by atoms with E-state index in [1.165, 1.54) is 0 Å². The molecule has 0 spiro atoms. The van der Waals surface area contributed by atoms with E-state index < -0.39 is 11.8 Å². The minimum Gasteiger partial charge on any atom is -0.497 e. The molecule has 0 aliphatic carbocycles. The number of methoxy groups -OCH3 is 1. The van der Waals surface area contributed by atoms with E-state index in [4.69, 9.17) is 9.94 Å². The van der Waals surface area contributed by atoms with E-state index in [0.29, 0.717) is 0 Å². The first-order valence-corrected chi connectivity index (χ1v) is 9.21. The Morgan fingerprint density at radius 2 is 1.79 bits per heavy atom. The Bertz CT molecular complexity index is 1010. The smallest absolute Gasteiger partial charge is 0.244 e. The number of carbonyl (C=O) groups is 2. The first kappa shape index (κ1) is 20.3. The first-order valence-electron chi connectivity index (χ1n) is 9.21. The van der Waals surface area contributed by atoms with E-state index in [1.54, 1.807) is 30.3 Å². The summed E-state index contributed by atoms with van der Waals surface area (Å²) in [6, 6.07) is 17.0. The molecule has 1 atom stereocenters. The molecule has 0 radical (unpaired) electrons. The van der Waals surface area contributed by atoms with Crippen LogP contribution in [0.2, 0.25) is 0 Å². The molecular weight excluding hydrogens is 370 g/mol. The summed E-state index contributed by atoms with van der Waals surface area (Å²) in [7, 11) is 1.60. The number of hydrogen-bond donors (Lipinski definition) is 2. The molecule has 150 valence electrons. The molecule has 2 aromatic carbocycles. The Labute approximate surface area is 168 Å². The van der Waals surface area contributed by atoms with Gasteiger partial charge in [0.15, 0.2) is 5.78 Å². The average molecular weight is 393 g/mol. The van der Waals surface area contributed by atoms with Crippen molar-refractivity contribution in [3.8, 4) is 22.7 Å². The normalized spacial score (nSPS) is 11.7. The van der Waals surface area contributed by atoms with Gasteiger partial charge in [-0.1, -0.05) is 36.8 Å². The zero-order valence-electron chi connectivity index (χ0n) is 16.5. The van der Waals surface area contributed by atoms with Gasteiger partial charge in [-0.3, -0.25) is 14.8 Å². The monoisotopic (exact) mass is 393 g/mol. The summed E-state index contributed by atoms with van der Waals surface area (Å²) >= 11 is 0. The van der Waals surface area contributed by atoms with Gasteiger partial charge in [0, 0.05) is 17.9 Å². The lowest BCUT2D eigenvalue weighted by molar-refractivity contribution is -0.129. The van der Waals surface area contributed by atoms with Gasteiger partial charge < -0.3 is 4.74 Å². The van der Waals surface area contributed by atoms with Crippen LogP contribution in [0.4, 0.5) is 0 Å². The van der Waals surface area contributed by atoms with E-state index in [1.807, 2.05) is 55.5 Å². The first-order chi connectivity index (χ1) is 13.9. The van der Waals surface area contributed by atoms with Crippen LogP contribution in [0.25, 0.3) is 16.9 Å². The van der Waals surface area contributed by atoms with Crippen molar-refractivity contribution in [2.24, 2.45) is 5.92 Å². The van der Waals surface area contributed by atoms with Crippen molar-refractivity contribution in [1.29, 1.82) is 0 Å². The number of benzene rings is 2. The van der Waals surface area contributed by atoms with Gasteiger partial charge in [-0.15, -0.1) is 0 Å². The van der Waals surface area contributed by atoms with Crippen LogP contribution < -0.4 is 10.2 Å². The Morgan fingerprint density at radius 1 is 1.14 bits per heavy atom. The quantitative estimate of drug-likeness (QED) is 0.364. The lowest BCUT2D eigenvalue weighted by Gasteiger charge is -2.09. The Balaban J connectivity index is 2.04. The zero-order valence-corrected chi connectivity index (χ0v) is 16.5. The fraction of sp³-hybridized carbons (Fsp3) is 0.227. The zero-order chi connectivity index (χ0) is 21.0. The number of hydroxylamine groups is 1. The van der Waals surface area contributed by atoms with Crippen LogP contribution >= 0.6 is 0 Å². The highest BCUT2D eigenvalue weighted by Gasteiger charge is 2.23. The molecule has 7 nitrogen and oxygen atoms in total. The van der Waals surface area contributed by atoms with Gasteiger partial charge in [0.25, 0.3) is 0 Å². The van der Waals surface area contributed by atoms with Gasteiger partial charge in [-0.2, -0.15) is 5.10 Å². The molecule has 0 aliphatic heterocycles. The van der Waals surface area contributed by atoms with Crippen molar-refractivity contribution in [1.82, 2.24) is 15.3 Å². The number of aryl methyl sites for hydroxylation is 1. The van der Waals surface area contributed by atoms with Crippen molar-refractivity contribution in [2.45, 2.75) is 20.3 Å². The van der Waals surface area contributed by atoms with E-state index >= 15 is 0 Å². The highest BCUT2D eigenvalue weighted by atomic mass is 16.5. The van der Waals surface area contributed by atoms with E-state index in [9.17, 15) is 9.59 Å². The number of nitrogens with one attached hydrogen (secondary N) is 1. The standard InChI is InChI=1S/C22H23N3O4/c1-14-4-6-16(7-5-14)20-13-19(22(27)15(2)12-21(26)24-28)23-25(20)17-8-10-18(29-3)11-9-17/h4-11,13,15,28H,12H2,1-3H3,(H,24,26). The van der Waals surface area contributed by atoms with Crippen molar-refractivity contribution in [3.05, 3.63) is 65.9 Å². The summed E-state index contributed by atoms with van der Waals surface area (Å²) in [5, 5.41) is 13.2. The van der Waals surface area contributed by atoms with Crippen LogP contribution in [0.5, 0.6) is 5.75 Å². The summed E-state index contributed by atoms with van der Waals surface area (Å²) in [5.74, 6) is -0.779. The minimum absolute atomic E-state index is 0.120. The molecule has 29 heavy (non-hydrogen) atoms. The molecule has 0 saturated carbocycles. The molecule has 1 amide bonds. The fourth-order valence-corrected chi connectivity index (χ4v) is 3.02. The Hall–Kier alpha value is -3.45. The van der Waals surface area contributed by atoms with Gasteiger partial charge in [-0.05, 0) is 37.3 Å². The summed E-state index contributed by atoms with van der Waals surface area (Å²) < 4.78 is 6.92. The lowest BCUT2D eigenvalue weighted by atomic mass is 9.99. The van der Waals surface area contributed by atoms with Crippen LogP contribution in [-0.4, -0.2) is 33.8 Å². The van der Waals surface area contributed by atoms with Crippen molar-refractivity contribution in [2.75, 3.05) is 7.11 Å². The van der Waals surface area contributed by atoms with Crippen LogP contribution in [-0.2, 0) is 4.79 Å². The molecule has 0 saturated heterocycles. The molecule has 2 N–H and O–H groups in total. The number of amides is 1. The molecule has 1 heterocycles. The maximum Gasteiger partial charge on any atom is 0.244 e. The molecule has 1 aromatic heterocycles. The largest absolute Gasteiger partial charge is 0.497 e. The Kier molecular flexibility index (Phi) is 6.09. The topological polar surface area (TPSA) is 93.5 Å². The highest BCUT2D eigenvalue weighted by molar-refractivity contribution is 5.99. The summed E-state index contributed by atoms with van der Waals surface area (Å²) in [6.07, 6.45) is -0.120. The van der Waals surface area contributed by atoms with Gasteiger partial charge in [0.1, 0.15) is 11.4 Å². The fourth-order valence-electron chi connectivity index (χ4n) is 3.02. The molecule has 0 aliphatic rings. The third-order valence-corrected chi connectivity index (χ3v) is 4.69. The number of ketones is 1. The average Bonchev–Trinajstić information content (AvgIpc) is 3.19. The van der Waals surface area contributed by atoms with Crippen LogP contribution in [0, 0.1) is 12.8 Å². The predicted octanol–water partition coefficient (Wildman–Crippen LogP) is 3.57. The number of rotatable bonds is 7. The van der Waals surface area contributed by atoms with Crippen LogP contribution in [0.15, 0.2) is 54.6 Å². The summed E-state index contributed by atoms with van der Waals surface area (Å²) in [5.41, 5.74) is 5.40. The van der Waals surface area contributed by atoms with E-state index in [-0.39, 0.29) is 17.9 Å². The number of ether oxygens (including phenoxy) is 1. The van der Waals surface area contributed by atoms with Gasteiger partial charge >= 0.3 is 0 Å². The number of aromatic nitrogens is 2. The van der Waals surface area contributed by atoms with Gasteiger partial charge in [0.2, 0.25) is 5.91 Å².